The summed E-state index contributed by atoms with van der Waals surface area (Å²) in [6.07, 6.45) is 2.53. The van der Waals surface area contributed by atoms with E-state index in [-0.39, 0.29) is 0 Å². The summed E-state index contributed by atoms with van der Waals surface area (Å²) in [5, 5.41) is 6.65. The molecule has 1 saturated heterocycles. The molecule has 1 rings (SSSR count). The lowest BCUT2D eigenvalue weighted by atomic mass is 9.92. The number of hydrogen-bond donors (Lipinski definition) is 2. The Labute approximate surface area is 125 Å². The minimum absolute atomic E-state index is 0.427. The predicted molar refractivity (Wildman–Crippen MR) is 88.3 cm³/mol. The van der Waals surface area contributed by atoms with Crippen molar-refractivity contribution in [3.8, 4) is 0 Å². The van der Waals surface area contributed by atoms with Gasteiger partial charge in [0.1, 0.15) is 0 Å². The van der Waals surface area contributed by atoms with Gasteiger partial charge in [-0.15, -0.1) is 0 Å². The van der Waals surface area contributed by atoms with E-state index in [2.05, 4.69) is 55.1 Å². The molecular weight excluding hydrogens is 248 g/mol. The lowest BCUT2D eigenvalue weighted by Gasteiger charge is -2.34. The van der Waals surface area contributed by atoms with Crippen LogP contribution in [-0.4, -0.2) is 49.6 Å². The number of nitrogens with one attached hydrogen (secondary N) is 2. The topological polar surface area (TPSA) is 39.7 Å². The number of hydrogen-bond acceptors (Lipinski definition) is 2. The van der Waals surface area contributed by atoms with Crippen molar-refractivity contribution in [1.29, 1.82) is 0 Å². The molecule has 4 nitrogen and oxygen atoms in total. The third kappa shape index (κ3) is 7.13. The normalized spacial score (nSPS) is 25.0. The van der Waals surface area contributed by atoms with Crippen molar-refractivity contribution in [3.63, 3.8) is 0 Å². The van der Waals surface area contributed by atoms with E-state index in [1.807, 2.05) is 0 Å². The molecule has 1 fully saturated rings. The maximum Gasteiger partial charge on any atom is 0.191 e. The van der Waals surface area contributed by atoms with Crippen molar-refractivity contribution >= 4 is 5.96 Å². The Morgan fingerprint density at radius 2 is 1.90 bits per heavy atom. The smallest absolute Gasteiger partial charge is 0.191 e. The van der Waals surface area contributed by atoms with E-state index >= 15 is 0 Å². The van der Waals surface area contributed by atoms with Gasteiger partial charge in [-0.2, -0.15) is 0 Å². The average Bonchev–Trinajstić information content (AvgIpc) is 2.33. The molecule has 0 saturated carbocycles. The molecule has 1 heterocycles. The Morgan fingerprint density at radius 1 is 1.25 bits per heavy atom. The monoisotopic (exact) mass is 282 g/mol. The molecule has 0 aromatic carbocycles. The molecule has 0 aliphatic carbocycles. The molecule has 118 valence electrons. The second kappa shape index (κ2) is 9.22. The van der Waals surface area contributed by atoms with Crippen LogP contribution in [0.15, 0.2) is 4.99 Å². The van der Waals surface area contributed by atoms with E-state index < -0.39 is 0 Å². The Kier molecular flexibility index (Phi) is 7.97. The first-order chi connectivity index (χ1) is 9.51. The van der Waals surface area contributed by atoms with Crippen LogP contribution in [0.2, 0.25) is 0 Å². The maximum absolute atomic E-state index is 4.64. The van der Waals surface area contributed by atoms with Gasteiger partial charge in [-0.1, -0.05) is 13.8 Å². The van der Waals surface area contributed by atoms with E-state index in [1.165, 1.54) is 26.1 Å². The summed E-state index contributed by atoms with van der Waals surface area (Å²) < 4.78 is 0. The van der Waals surface area contributed by atoms with Crippen molar-refractivity contribution in [1.82, 2.24) is 15.5 Å². The number of rotatable bonds is 6. The Balaban J connectivity index is 2.27. The summed E-state index contributed by atoms with van der Waals surface area (Å²) >= 11 is 0. The van der Waals surface area contributed by atoms with Crippen molar-refractivity contribution in [2.24, 2.45) is 16.8 Å². The van der Waals surface area contributed by atoms with Crippen LogP contribution in [0.3, 0.4) is 0 Å². The van der Waals surface area contributed by atoms with Crippen LogP contribution in [0.25, 0.3) is 0 Å². The van der Waals surface area contributed by atoms with Gasteiger partial charge in [0.2, 0.25) is 0 Å². The SMILES string of the molecule is CCNC(=NCCCN1CC(C)CC(C)C1)NC(C)C. The number of nitrogens with zero attached hydrogens (tertiary/aromatic N) is 2. The molecular formula is C16H34N4. The third-order valence-electron chi connectivity index (χ3n) is 3.62. The summed E-state index contributed by atoms with van der Waals surface area (Å²) in [5.41, 5.74) is 0. The molecule has 0 aromatic rings. The molecule has 4 heteroatoms. The highest BCUT2D eigenvalue weighted by molar-refractivity contribution is 5.79. The Morgan fingerprint density at radius 3 is 2.45 bits per heavy atom. The summed E-state index contributed by atoms with van der Waals surface area (Å²) in [6.45, 7) is 16.7. The van der Waals surface area contributed by atoms with Gasteiger partial charge in [0.15, 0.2) is 5.96 Å². The second-order valence-electron chi connectivity index (χ2n) is 6.62. The molecule has 1 aliphatic rings. The lowest BCUT2D eigenvalue weighted by molar-refractivity contribution is 0.140. The number of piperidine rings is 1. The van der Waals surface area contributed by atoms with Gasteiger partial charge >= 0.3 is 0 Å². The zero-order chi connectivity index (χ0) is 15.0. The lowest BCUT2D eigenvalue weighted by Crippen LogP contribution is -2.41. The molecule has 0 aromatic heterocycles. The fraction of sp³-hybridized carbons (Fsp3) is 0.938. The van der Waals surface area contributed by atoms with Gasteiger partial charge in [0, 0.05) is 32.2 Å². The number of guanidine groups is 1. The second-order valence-corrected chi connectivity index (χ2v) is 6.62. The zero-order valence-corrected chi connectivity index (χ0v) is 14.1. The van der Waals surface area contributed by atoms with Crippen LogP contribution in [0.1, 0.15) is 47.5 Å². The molecule has 0 amide bonds. The van der Waals surface area contributed by atoms with Crippen molar-refractivity contribution in [2.45, 2.75) is 53.5 Å². The van der Waals surface area contributed by atoms with Crippen LogP contribution in [0.5, 0.6) is 0 Å². The highest BCUT2D eigenvalue weighted by atomic mass is 15.2. The van der Waals surface area contributed by atoms with E-state index in [0.29, 0.717) is 6.04 Å². The summed E-state index contributed by atoms with van der Waals surface area (Å²) in [4.78, 5) is 7.25. The Hall–Kier alpha value is -0.770. The van der Waals surface area contributed by atoms with Crippen LogP contribution >= 0.6 is 0 Å². The molecule has 20 heavy (non-hydrogen) atoms. The maximum atomic E-state index is 4.64. The minimum Gasteiger partial charge on any atom is -0.357 e. The molecule has 2 N–H and O–H groups in total. The standard InChI is InChI=1S/C16H34N4/c1-6-17-16(19-13(2)3)18-8-7-9-20-11-14(4)10-15(5)12-20/h13-15H,6-12H2,1-5H3,(H2,17,18,19). The predicted octanol–water partition coefficient (Wildman–Crippen LogP) is 2.32. The Bertz CT molecular complexity index is 278. The van der Waals surface area contributed by atoms with E-state index in [1.54, 1.807) is 0 Å². The minimum atomic E-state index is 0.427. The highest BCUT2D eigenvalue weighted by Gasteiger charge is 2.20. The van der Waals surface area contributed by atoms with Gasteiger partial charge in [0.05, 0.1) is 0 Å². The molecule has 0 spiro atoms. The van der Waals surface area contributed by atoms with Crippen molar-refractivity contribution < 1.29 is 0 Å². The van der Waals surface area contributed by atoms with Crippen LogP contribution in [-0.2, 0) is 0 Å². The largest absolute Gasteiger partial charge is 0.357 e. The van der Waals surface area contributed by atoms with Crippen LogP contribution < -0.4 is 10.6 Å². The van der Waals surface area contributed by atoms with Gasteiger partial charge in [-0.3, -0.25) is 4.99 Å². The quantitative estimate of drug-likeness (QED) is 0.446. The molecule has 0 radical (unpaired) electrons. The first kappa shape index (κ1) is 17.3. The van der Waals surface area contributed by atoms with Gasteiger partial charge in [-0.25, -0.2) is 0 Å². The van der Waals surface area contributed by atoms with E-state index in [4.69, 9.17) is 0 Å². The van der Waals surface area contributed by atoms with E-state index in [9.17, 15) is 0 Å². The first-order valence-corrected chi connectivity index (χ1v) is 8.28. The highest BCUT2D eigenvalue weighted by Crippen LogP contribution is 2.20. The number of likely N-dealkylation sites (tertiary alicyclic amines) is 1. The van der Waals surface area contributed by atoms with Crippen LogP contribution in [0.4, 0.5) is 0 Å². The molecule has 0 bridgehead atoms. The van der Waals surface area contributed by atoms with Gasteiger partial charge in [0.25, 0.3) is 0 Å². The fourth-order valence-corrected chi connectivity index (χ4v) is 3.05. The van der Waals surface area contributed by atoms with Crippen molar-refractivity contribution in [2.75, 3.05) is 32.7 Å². The number of aliphatic imine (C=N–C) groups is 1. The molecule has 2 unspecified atom stereocenters. The van der Waals surface area contributed by atoms with Crippen molar-refractivity contribution in [3.05, 3.63) is 0 Å². The molecule has 2 atom stereocenters. The van der Waals surface area contributed by atoms with E-state index in [0.717, 1.165) is 37.3 Å². The average molecular weight is 282 g/mol. The molecule has 1 aliphatic heterocycles. The zero-order valence-electron chi connectivity index (χ0n) is 14.1. The summed E-state index contributed by atoms with van der Waals surface area (Å²) in [7, 11) is 0. The summed E-state index contributed by atoms with van der Waals surface area (Å²) in [6, 6.07) is 0.427. The third-order valence-corrected chi connectivity index (χ3v) is 3.62. The van der Waals surface area contributed by atoms with Crippen LogP contribution in [0, 0.1) is 11.8 Å². The van der Waals surface area contributed by atoms with Gasteiger partial charge in [-0.05, 0) is 52.0 Å². The first-order valence-electron chi connectivity index (χ1n) is 8.28. The summed E-state index contributed by atoms with van der Waals surface area (Å²) in [5.74, 6) is 2.65. The fourth-order valence-electron chi connectivity index (χ4n) is 3.05. The van der Waals surface area contributed by atoms with Gasteiger partial charge < -0.3 is 15.5 Å².